The van der Waals surface area contributed by atoms with Crippen LogP contribution < -0.4 is 15.5 Å². The number of aryl methyl sites for hydroxylation is 1. The van der Waals surface area contributed by atoms with Crippen molar-refractivity contribution in [2.75, 3.05) is 35.3 Å². The van der Waals surface area contributed by atoms with E-state index >= 15 is 0 Å². The molecule has 14 heteroatoms. The fourth-order valence-corrected chi connectivity index (χ4v) is 7.20. The van der Waals surface area contributed by atoms with E-state index in [0.717, 1.165) is 12.1 Å². The first-order valence-electron chi connectivity index (χ1n) is 13.7. The molecule has 2 aromatic heterocycles. The molecule has 43 heavy (non-hydrogen) atoms. The second-order valence-electron chi connectivity index (χ2n) is 10.7. The van der Waals surface area contributed by atoms with Crippen molar-refractivity contribution in [1.29, 1.82) is 0 Å². The molecule has 2 fully saturated rings. The van der Waals surface area contributed by atoms with Gasteiger partial charge >= 0.3 is 6.03 Å². The highest BCUT2D eigenvalue weighted by Gasteiger charge is 2.58. The number of carbonyl (C=O) groups is 1. The molecule has 0 radical (unpaired) electrons. The SMILES string of the molecule is C[C@H]1COCCN1c1cc(C2(S(=O)(=O)c3cc(F)ccc3F)CC2)nc(-c2ccc(NC(=O)Nc3cnn(C)c3)cc2)n1. The number of nitrogens with zero attached hydrogens (tertiary/aromatic N) is 5. The fourth-order valence-electron chi connectivity index (χ4n) is 5.16. The Balaban J connectivity index is 1.35. The summed E-state index contributed by atoms with van der Waals surface area (Å²) in [6, 6.07) is 10.3. The highest BCUT2D eigenvalue weighted by atomic mass is 32.2. The molecule has 0 unspecified atom stereocenters. The van der Waals surface area contributed by atoms with E-state index in [4.69, 9.17) is 9.72 Å². The zero-order valence-electron chi connectivity index (χ0n) is 23.4. The number of benzene rings is 2. The van der Waals surface area contributed by atoms with E-state index in [1.807, 2.05) is 11.8 Å². The lowest BCUT2D eigenvalue weighted by Gasteiger charge is -2.34. The molecule has 0 spiro atoms. The van der Waals surface area contributed by atoms with Crippen LogP contribution >= 0.6 is 0 Å². The van der Waals surface area contributed by atoms with E-state index in [-0.39, 0.29) is 30.4 Å². The van der Waals surface area contributed by atoms with Crippen molar-refractivity contribution in [3.8, 4) is 11.4 Å². The van der Waals surface area contributed by atoms with Crippen LogP contribution in [0.5, 0.6) is 0 Å². The first kappa shape index (κ1) is 28.7. The van der Waals surface area contributed by atoms with Crippen LogP contribution in [0.25, 0.3) is 11.4 Å². The molecule has 1 aliphatic heterocycles. The summed E-state index contributed by atoms with van der Waals surface area (Å²) in [6.45, 7) is 3.44. The van der Waals surface area contributed by atoms with Gasteiger partial charge < -0.3 is 20.3 Å². The third-order valence-electron chi connectivity index (χ3n) is 7.61. The molecular formula is C29H29F2N7O4S. The molecule has 2 N–H and O–H groups in total. The molecule has 1 atom stereocenters. The van der Waals surface area contributed by atoms with Crippen LogP contribution in [0.1, 0.15) is 25.5 Å². The lowest BCUT2D eigenvalue weighted by Crippen LogP contribution is -2.44. The topological polar surface area (TPSA) is 131 Å². The predicted molar refractivity (Wildman–Crippen MR) is 155 cm³/mol. The number of sulfone groups is 1. The van der Waals surface area contributed by atoms with E-state index < -0.39 is 37.1 Å². The molecule has 6 rings (SSSR count). The number of aromatic nitrogens is 4. The maximum atomic E-state index is 14.7. The number of hydrogen-bond acceptors (Lipinski definition) is 8. The van der Waals surface area contributed by atoms with Crippen molar-refractivity contribution >= 4 is 33.1 Å². The van der Waals surface area contributed by atoms with Crippen LogP contribution in [0.3, 0.4) is 0 Å². The Kier molecular flexibility index (Phi) is 7.34. The number of rotatable bonds is 7. The van der Waals surface area contributed by atoms with Gasteiger partial charge in [-0.2, -0.15) is 5.10 Å². The van der Waals surface area contributed by atoms with Crippen LogP contribution in [0, 0.1) is 11.6 Å². The van der Waals surface area contributed by atoms with Gasteiger partial charge in [0.05, 0.1) is 36.8 Å². The second-order valence-corrected chi connectivity index (χ2v) is 12.9. The van der Waals surface area contributed by atoms with Gasteiger partial charge in [-0.3, -0.25) is 4.68 Å². The van der Waals surface area contributed by atoms with Crippen LogP contribution in [0.15, 0.2) is 65.8 Å². The second kappa shape index (κ2) is 11.0. The summed E-state index contributed by atoms with van der Waals surface area (Å²) in [4.78, 5) is 23.2. The zero-order chi connectivity index (χ0) is 30.4. The van der Waals surface area contributed by atoms with Gasteiger partial charge in [-0.1, -0.05) is 0 Å². The molecule has 4 aromatic rings. The van der Waals surface area contributed by atoms with Gasteiger partial charge in [-0.05, 0) is 62.2 Å². The predicted octanol–water partition coefficient (Wildman–Crippen LogP) is 4.49. The lowest BCUT2D eigenvalue weighted by atomic mass is 10.1. The molecule has 3 heterocycles. The molecule has 1 aliphatic carbocycles. The molecule has 224 valence electrons. The van der Waals surface area contributed by atoms with Gasteiger partial charge in [0.25, 0.3) is 0 Å². The average molecular weight is 610 g/mol. The Morgan fingerprint density at radius 3 is 2.47 bits per heavy atom. The summed E-state index contributed by atoms with van der Waals surface area (Å²) in [5, 5.41) is 9.45. The third kappa shape index (κ3) is 5.55. The van der Waals surface area contributed by atoms with E-state index in [1.54, 1.807) is 48.3 Å². The first-order chi connectivity index (χ1) is 20.6. The number of morpholine rings is 1. The van der Waals surface area contributed by atoms with Crippen LogP contribution in [0.2, 0.25) is 0 Å². The Hall–Kier alpha value is -4.43. The number of carbonyl (C=O) groups excluding carboxylic acids is 1. The van der Waals surface area contributed by atoms with Gasteiger partial charge in [-0.25, -0.2) is 32.0 Å². The molecule has 0 bridgehead atoms. The Morgan fingerprint density at radius 2 is 1.79 bits per heavy atom. The van der Waals surface area contributed by atoms with Crippen LogP contribution in [-0.2, 0) is 26.4 Å². The monoisotopic (exact) mass is 609 g/mol. The van der Waals surface area contributed by atoms with Crippen LogP contribution in [-0.4, -0.2) is 60.0 Å². The Labute approximate surface area is 246 Å². The minimum Gasteiger partial charge on any atom is -0.377 e. The van der Waals surface area contributed by atoms with E-state index in [1.165, 1.54) is 6.20 Å². The molecule has 1 saturated carbocycles. The molecule has 2 aromatic carbocycles. The van der Waals surface area contributed by atoms with Crippen molar-refractivity contribution in [3.05, 3.63) is 78.3 Å². The molecule has 11 nitrogen and oxygen atoms in total. The summed E-state index contributed by atoms with van der Waals surface area (Å²) in [5.41, 5.74) is 1.83. The van der Waals surface area contributed by atoms with Gasteiger partial charge in [0.15, 0.2) is 15.7 Å². The quantitative estimate of drug-likeness (QED) is 0.314. The third-order valence-corrected chi connectivity index (χ3v) is 10.1. The van der Waals surface area contributed by atoms with E-state index in [9.17, 15) is 22.0 Å². The molecule has 2 aliphatic rings. The average Bonchev–Trinajstić information content (AvgIpc) is 3.72. The highest BCUT2D eigenvalue weighted by Crippen LogP contribution is 2.55. The minimum atomic E-state index is -4.35. The summed E-state index contributed by atoms with van der Waals surface area (Å²) >= 11 is 0. The normalized spacial score (nSPS) is 17.9. The number of halogens is 2. The van der Waals surface area contributed by atoms with Crippen molar-refractivity contribution in [3.63, 3.8) is 0 Å². The smallest absolute Gasteiger partial charge is 0.323 e. The standard InChI is InChI=1S/C29H29F2N7O4S/c1-18-17-42-12-11-38(18)26-14-25(29(9-10-29)43(40,41)24-13-20(30)5-8-23(24)31)35-27(36-26)19-3-6-21(7-4-19)33-28(39)34-22-15-32-37(2)16-22/h3-8,13-16,18H,9-12,17H2,1-2H3,(H2,33,34,39)/t18-/m0/s1. The van der Waals surface area contributed by atoms with E-state index in [2.05, 4.69) is 20.7 Å². The molecular weight excluding hydrogens is 580 g/mol. The highest BCUT2D eigenvalue weighted by molar-refractivity contribution is 7.92. The van der Waals surface area contributed by atoms with Gasteiger partial charge in [0, 0.05) is 37.1 Å². The maximum absolute atomic E-state index is 14.7. The summed E-state index contributed by atoms with van der Waals surface area (Å²) < 4.78 is 62.0. The zero-order valence-corrected chi connectivity index (χ0v) is 24.2. The van der Waals surface area contributed by atoms with Gasteiger partial charge in [0.2, 0.25) is 0 Å². The van der Waals surface area contributed by atoms with Gasteiger partial charge in [-0.15, -0.1) is 0 Å². The first-order valence-corrected chi connectivity index (χ1v) is 15.1. The number of hydrogen-bond donors (Lipinski definition) is 2. The lowest BCUT2D eigenvalue weighted by molar-refractivity contribution is 0.0985. The minimum absolute atomic E-state index is 0.0401. The van der Waals surface area contributed by atoms with Crippen molar-refractivity contribution in [2.24, 2.45) is 7.05 Å². The number of nitrogens with one attached hydrogen (secondary N) is 2. The van der Waals surface area contributed by atoms with Crippen molar-refractivity contribution in [2.45, 2.75) is 35.4 Å². The maximum Gasteiger partial charge on any atom is 0.323 e. The number of urea groups is 1. The van der Waals surface area contributed by atoms with Gasteiger partial charge in [0.1, 0.15) is 27.1 Å². The Morgan fingerprint density at radius 1 is 1.05 bits per heavy atom. The van der Waals surface area contributed by atoms with Crippen LogP contribution in [0.4, 0.5) is 30.8 Å². The van der Waals surface area contributed by atoms with E-state index in [0.29, 0.717) is 48.6 Å². The molecule has 1 saturated heterocycles. The molecule has 2 amide bonds. The largest absolute Gasteiger partial charge is 0.377 e. The number of ether oxygens (including phenoxy) is 1. The van der Waals surface area contributed by atoms with Crippen molar-refractivity contribution < 1.29 is 26.7 Å². The summed E-state index contributed by atoms with van der Waals surface area (Å²) in [7, 11) is -2.61. The Bertz CT molecular complexity index is 1790. The fraction of sp³-hybridized carbons (Fsp3) is 0.310. The summed E-state index contributed by atoms with van der Waals surface area (Å²) in [6.07, 6.45) is 3.59. The summed E-state index contributed by atoms with van der Waals surface area (Å²) in [5.74, 6) is -1.08. The number of anilines is 3. The number of amides is 2. The van der Waals surface area contributed by atoms with Crippen molar-refractivity contribution in [1.82, 2.24) is 19.7 Å².